The molecule has 1 saturated heterocycles. The number of carbonyl (C=O) groups excluding carboxylic acids is 3. The third kappa shape index (κ3) is 4.44. The minimum Gasteiger partial charge on any atom is -0.462 e. The molecule has 8 nitrogen and oxygen atoms in total. The molecule has 0 aromatic rings. The van der Waals surface area contributed by atoms with Crippen molar-refractivity contribution < 1.29 is 38.4 Å². The minimum atomic E-state index is -1.01. The SMILES string of the molecule is C=C(C(=O)OC[C@@]12[C@@H](OC(C)=O)C[C@@H](C)[C@](C)(CCC3=CC(=O)OC3)[C@H]1CCC[C@]21CO1)[C@@H](C)O. The first-order valence-electron chi connectivity index (χ1n) is 12.7. The van der Waals surface area contributed by atoms with E-state index in [2.05, 4.69) is 20.4 Å². The van der Waals surface area contributed by atoms with Crippen molar-refractivity contribution in [2.24, 2.45) is 22.7 Å². The van der Waals surface area contributed by atoms with Gasteiger partial charge in [-0.15, -0.1) is 0 Å². The van der Waals surface area contributed by atoms with Crippen molar-refractivity contribution in [3.8, 4) is 0 Å². The van der Waals surface area contributed by atoms with E-state index in [1.807, 2.05) is 0 Å². The predicted molar refractivity (Wildman–Crippen MR) is 126 cm³/mol. The van der Waals surface area contributed by atoms with Crippen LogP contribution in [-0.2, 0) is 33.3 Å². The number of fused-ring (bicyclic) bond motifs is 2. The van der Waals surface area contributed by atoms with Gasteiger partial charge in [0.15, 0.2) is 0 Å². The summed E-state index contributed by atoms with van der Waals surface area (Å²) < 4.78 is 23.1. The summed E-state index contributed by atoms with van der Waals surface area (Å²) in [7, 11) is 0. The average molecular weight is 491 g/mol. The van der Waals surface area contributed by atoms with Gasteiger partial charge in [-0.3, -0.25) is 4.79 Å². The van der Waals surface area contributed by atoms with Crippen molar-refractivity contribution in [3.05, 3.63) is 23.8 Å². The molecule has 1 N–H and O–H groups in total. The lowest BCUT2D eigenvalue weighted by Gasteiger charge is -2.63. The summed E-state index contributed by atoms with van der Waals surface area (Å²) >= 11 is 0. The van der Waals surface area contributed by atoms with Gasteiger partial charge in [0.25, 0.3) is 0 Å². The Bertz CT molecular complexity index is 931. The number of rotatable bonds is 8. The topological polar surface area (TPSA) is 112 Å². The summed E-state index contributed by atoms with van der Waals surface area (Å²) in [6, 6.07) is 0. The number of aliphatic hydroxyl groups excluding tert-OH is 1. The Kier molecular flexibility index (Phi) is 6.92. The highest BCUT2D eigenvalue weighted by Gasteiger charge is 2.75. The van der Waals surface area contributed by atoms with E-state index in [4.69, 9.17) is 18.9 Å². The third-order valence-electron chi connectivity index (χ3n) is 9.32. The van der Waals surface area contributed by atoms with Gasteiger partial charge < -0.3 is 24.1 Å². The van der Waals surface area contributed by atoms with E-state index in [0.29, 0.717) is 19.6 Å². The lowest BCUT2D eigenvalue weighted by molar-refractivity contribution is -0.228. The van der Waals surface area contributed by atoms with Crippen LogP contribution in [0.2, 0.25) is 0 Å². The zero-order chi connectivity index (χ0) is 25.6. The first kappa shape index (κ1) is 25.9. The highest BCUT2D eigenvalue weighted by molar-refractivity contribution is 5.88. The smallest absolute Gasteiger partial charge is 0.336 e. The predicted octanol–water partition coefficient (Wildman–Crippen LogP) is 3.26. The second-order valence-electron chi connectivity index (χ2n) is 11.2. The zero-order valence-corrected chi connectivity index (χ0v) is 21.3. The van der Waals surface area contributed by atoms with Gasteiger partial charge in [-0.1, -0.05) is 26.8 Å². The van der Waals surface area contributed by atoms with E-state index in [1.165, 1.54) is 13.8 Å². The van der Waals surface area contributed by atoms with Gasteiger partial charge in [0.05, 0.1) is 23.7 Å². The highest BCUT2D eigenvalue weighted by atomic mass is 16.6. The fraction of sp³-hybridized carbons (Fsp3) is 0.741. The van der Waals surface area contributed by atoms with Crippen LogP contribution in [-0.4, -0.2) is 60.6 Å². The molecular weight excluding hydrogens is 452 g/mol. The summed E-state index contributed by atoms with van der Waals surface area (Å²) in [5.41, 5.74) is -0.410. The number of ether oxygens (including phenoxy) is 4. The lowest BCUT2D eigenvalue weighted by atomic mass is 9.43. The van der Waals surface area contributed by atoms with Gasteiger partial charge in [-0.25, -0.2) is 9.59 Å². The second-order valence-corrected chi connectivity index (χ2v) is 11.2. The molecule has 1 spiro atoms. The molecule has 2 saturated carbocycles. The van der Waals surface area contributed by atoms with E-state index in [9.17, 15) is 19.5 Å². The fourth-order valence-corrected chi connectivity index (χ4v) is 7.02. The molecule has 8 heteroatoms. The number of hydrogen-bond acceptors (Lipinski definition) is 8. The van der Waals surface area contributed by atoms with Gasteiger partial charge in [-0.2, -0.15) is 0 Å². The summed E-state index contributed by atoms with van der Waals surface area (Å²) in [6.07, 6.45) is 4.99. The normalized spacial score (nSPS) is 38.7. The molecule has 194 valence electrons. The molecule has 0 bridgehead atoms. The van der Waals surface area contributed by atoms with Gasteiger partial charge >= 0.3 is 17.9 Å². The Hall–Kier alpha value is -2.19. The molecule has 0 unspecified atom stereocenters. The number of epoxide rings is 1. The van der Waals surface area contributed by atoms with Crippen molar-refractivity contribution in [2.45, 2.75) is 84.0 Å². The zero-order valence-electron chi connectivity index (χ0n) is 21.3. The molecule has 2 aliphatic carbocycles. The Morgan fingerprint density at radius 2 is 2.09 bits per heavy atom. The monoisotopic (exact) mass is 490 g/mol. The van der Waals surface area contributed by atoms with Crippen LogP contribution < -0.4 is 0 Å². The molecule has 3 fully saturated rings. The van der Waals surface area contributed by atoms with Crippen LogP contribution in [0.15, 0.2) is 23.8 Å². The number of hydrogen-bond donors (Lipinski definition) is 1. The standard InChI is InChI=1S/C27H38O8/c1-16-11-22(35-19(4)29)27(15-33-24(31)17(2)18(3)28)21(7-6-9-26(27)14-34-26)25(16,5)10-8-20-12-23(30)32-13-20/h12,16,18,21-22,28H,2,6-11,13-15H2,1,3-5H3/t16-,18-,21-,22+,25+,26+,27+/m1/s1. The molecule has 0 aromatic heterocycles. The van der Waals surface area contributed by atoms with Crippen LogP contribution in [0, 0.1) is 22.7 Å². The molecule has 0 radical (unpaired) electrons. The average Bonchev–Trinajstić information content (AvgIpc) is 3.45. The van der Waals surface area contributed by atoms with Gasteiger partial charge in [-0.05, 0) is 61.9 Å². The molecule has 0 aromatic carbocycles. The summed E-state index contributed by atoms with van der Waals surface area (Å²) in [6.45, 7) is 11.9. The van der Waals surface area contributed by atoms with E-state index in [0.717, 1.165) is 37.7 Å². The summed E-state index contributed by atoms with van der Waals surface area (Å²) in [4.78, 5) is 36.5. The number of aliphatic hydroxyl groups is 1. The first-order chi connectivity index (χ1) is 16.4. The van der Waals surface area contributed by atoms with Crippen molar-refractivity contribution >= 4 is 17.9 Å². The summed E-state index contributed by atoms with van der Waals surface area (Å²) in [5, 5.41) is 9.82. The van der Waals surface area contributed by atoms with Gasteiger partial charge in [0.1, 0.15) is 24.9 Å². The van der Waals surface area contributed by atoms with Crippen LogP contribution in [0.4, 0.5) is 0 Å². The molecule has 2 aliphatic heterocycles. The number of cyclic esters (lactones) is 1. The summed E-state index contributed by atoms with van der Waals surface area (Å²) in [5.74, 6) is -1.02. The van der Waals surface area contributed by atoms with E-state index < -0.39 is 29.2 Å². The highest BCUT2D eigenvalue weighted by Crippen LogP contribution is 2.69. The first-order valence-corrected chi connectivity index (χ1v) is 12.7. The lowest BCUT2D eigenvalue weighted by Crippen LogP contribution is -2.67. The molecule has 35 heavy (non-hydrogen) atoms. The van der Waals surface area contributed by atoms with Crippen molar-refractivity contribution in [2.75, 3.05) is 19.8 Å². The Balaban J connectivity index is 1.70. The molecule has 2 heterocycles. The van der Waals surface area contributed by atoms with Crippen LogP contribution in [0.5, 0.6) is 0 Å². The fourth-order valence-electron chi connectivity index (χ4n) is 7.02. The van der Waals surface area contributed by atoms with Crippen LogP contribution in [0.25, 0.3) is 0 Å². The molecular formula is C27H38O8. The molecule has 4 rings (SSSR count). The number of carbonyl (C=O) groups is 3. The number of esters is 3. The third-order valence-corrected chi connectivity index (χ3v) is 9.32. The Morgan fingerprint density at radius 1 is 1.37 bits per heavy atom. The molecule has 7 atom stereocenters. The van der Waals surface area contributed by atoms with E-state index in [1.54, 1.807) is 6.08 Å². The van der Waals surface area contributed by atoms with Crippen LogP contribution in [0.1, 0.15) is 66.2 Å². The van der Waals surface area contributed by atoms with Crippen LogP contribution in [0.3, 0.4) is 0 Å². The van der Waals surface area contributed by atoms with Gasteiger partial charge in [0.2, 0.25) is 0 Å². The van der Waals surface area contributed by atoms with Crippen LogP contribution >= 0.6 is 0 Å². The second kappa shape index (κ2) is 9.36. The van der Waals surface area contributed by atoms with E-state index in [-0.39, 0.29) is 41.4 Å². The quantitative estimate of drug-likeness (QED) is 0.239. The maximum Gasteiger partial charge on any atom is 0.336 e. The minimum absolute atomic E-state index is 0.00617. The Morgan fingerprint density at radius 3 is 2.66 bits per heavy atom. The van der Waals surface area contributed by atoms with Crippen molar-refractivity contribution in [3.63, 3.8) is 0 Å². The maximum atomic E-state index is 12.7. The van der Waals surface area contributed by atoms with Crippen molar-refractivity contribution in [1.29, 1.82) is 0 Å². The maximum absolute atomic E-state index is 12.7. The van der Waals surface area contributed by atoms with Gasteiger partial charge in [0, 0.05) is 13.0 Å². The molecule has 0 amide bonds. The largest absolute Gasteiger partial charge is 0.462 e. The van der Waals surface area contributed by atoms with Crippen molar-refractivity contribution in [1.82, 2.24) is 0 Å². The Labute approximate surface area is 207 Å². The van der Waals surface area contributed by atoms with E-state index >= 15 is 0 Å². The molecule has 4 aliphatic rings.